The average Bonchev–Trinajstić information content (AvgIpc) is 3.36. The summed E-state index contributed by atoms with van der Waals surface area (Å²) in [4.78, 5) is 8.65. The molecule has 1 fully saturated rings. The molecule has 0 atom stereocenters. The van der Waals surface area contributed by atoms with Gasteiger partial charge in [0.2, 0.25) is 5.28 Å². The standard InChI is InChI=1S/C25H37ClN8O2/c1-35-22-14-20-21(15-23(22)36-2)30-25(26)31-24(20)29-16-19-17-34(33-32-19)13-7-11-27-10-6-12-28-18-8-4-3-5-9-18/h14-15,17-18,27-28H,3-13,16H2,1-2H3,(H,29,30,31). The maximum Gasteiger partial charge on any atom is 0.224 e. The number of aryl methyl sites for hydroxylation is 1. The molecule has 0 saturated heterocycles. The quantitative estimate of drug-likeness (QED) is 0.217. The highest BCUT2D eigenvalue weighted by atomic mass is 35.5. The van der Waals surface area contributed by atoms with E-state index in [1.165, 1.54) is 32.1 Å². The number of aromatic nitrogens is 5. The van der Waals surface area contributed by atoms with Gasteiger partial charge in [-0.2, -0.15) is 0 Å². The number of halogens is 1. The maximum absolute atomic E-state index is 6.15. The second-order valence-electron chi connectivity index (χ2n) is 9.14. The molecule has 10 nitrogen and oxygen atoms in total. The van der Waals surface area contributed by atoms with Crippen LogP contribution in [0.4, 0.5) is 5.82 Å². The van der Waals surface area contributed by atoms with Gasteiger partial charge >= 0.3 is 0 Å². The molecule has 2 heterocycles. The summed E-state index contributed by atoms with van der Waals surface area (Å²) in [6, 6.07) is 4.36. The molecule has 36 heavy (non-hydrogen) atoms. The van der Waals surface area contributed by atoms with Crippen LogP contribution in [0.5, 0.6) is 11.5 Å². The van der Waals surface area contributed by atoms with Crippen LogP contribution >= 0.6 is 11.6 Å². The van der Waals surface area contributed by atoms with Gasteiger partial charge in [0.05, 0.1) is 32.5 Å². The van der Waals surface area contributed by atoms with Crippen LogP contribution in [-0.4, -0.2) is 64.9 Å². The Balaban J connectivity index is 1.19. The summed E-state index contributed by atoms with van der Waals surface area (Å²) in [7, 11) is 3.18. The second kappa shape index (κ2) is 13.6. The van der Waals surface area contributed by atoms with Crippen LogP contribution in [0.25, 0.3) is 10.9 Å². The van der Waals surface area contributed by atoms with Crippen molar-refractivity contribution >= 4 is 28.3 Å². The molecule has 0 aliphatic heterocycles. The lowest BCUT2D eigenvalue weighted by atomic mass is 9.95. The van der Waals surface area contributed by atoms with E-state index in [4.69, 9.17) is 21.1 Å². The lowest BCUT2D eigenvalue weighted by Gasteiger charge is -2.22. The molecule has 3 aromatic rings. The van der Waals surface area contributed by atoms with Gasteiger partial charge < -0.3 is 25.4 Å². The van der Waals surface area contributed by atoms with Crippen molar-refractivity contribution in [2.75, 3.05) is 39.2 Å². The number of benzene rings is 1. The molecule has 0 unspecified atom stereocenters. The average molecular weight is 517 g/mol. The minimum Gasteiger partial charge on any atom is -0.493 e. The molecule has 11 heteroatoms. The van der Waals surface area contributed by atoms with Crippen LogP contribution < -0.4 is 25.4 Å². The van der Waals surface area contributed by atoms with E-state index in [9.17, 15) is 0 Å². The zero-order valence-corrected chi connectivity index (χ0v) is 22.0. The first-order valence-electron chi connectivity index (χ1n) is 12.8. The molecule has 1 aromatic carbocycles. The number of hydrogen-bond donors (Lipinski definition) is 3. The van der Waals surface area contributed by atoms with Crippen LogP contribution in [0.2, 0.25) is 5.28 Å². The predicted molar refractivity (Wildman–Crippen MR) is 142 cm³/mol. The van der Waals surface area contributed by atoms with Crippen molar-refractivity contribution in [3.63, 3.8) is 0 Å². The highest BCUT2D eigenvalue weighted by Gasteiger charge is 2.14. The summed E-state index contributed by atoms with van der Waals surface area (Å²) in [5, 5.41) is 20.0. The van der Waals surface area contributed by atoms with Gasteiger partial charge in [0.15, 0.2) is 11.5 Å². The molecule has 1 saturated carbocycles. The molecule has 1 aliphatic carbocycles. The number of methoxy groups -OCH3 is 2. The first kappa shape index (κ1) is 26.4. The maximum atomic E-state index is 6.15. The van der Waals surface area contributed by atoms with Gasteiger partial charge in [0, 0.05) is 24.0 Å². The van der Waals surface area contributed by atoms with Gasteiger partial charge in [-0.25, -0.2) is 9.97 Å². The van der Waals surface area contributed by atoms with E-state index in [-0.39, 0.29) is 5.28 Å². The molecule has 196 valence electrons. The Morgan fingerprint density at radius 1 is 1.00 bits per heavy atom. The number of ether oxygens (including phenoxy) is 2. The first-order chi connectivity index (χ1) is 17.7. The van der Waals surface area contributed by atoms with E-state index in [1.807, 2.05) is 16.9 Å². The van der Waals surface area contributed by atoms with Gasteiger partial charge in [-0.3, -0.25) is 4.68 Å². The fourth-order valence-corrected chi connectivity index (χ4v) is 4.76. The predicted octanol–water partition coefficient (Wildman–Crippen LogP) is 3.80. The minimum absolute atomic E-state index is 0.151. The minimum atomic E-state index is 0.151. The molecular weight excluding hydrogens is 480 g/mol. The Labute approximate surface area is 217 Å². The normalized spacial score (nSPS) is 14.3. The van der Waals surface area contributed by atoms with Crippen molar-refractivity contribution in [3.8, 4) is 11.5 Å². The van der Waals surface area contributed by atoms with Crippen LogP contribution in [0.3, 0.4) is 0 Å². The van der Waals surface area contributed by atoms with E-state index in [0.717, 1.165) is 56.1 Å². The Kier molecular flexibility index (Phi) is 9.94. The van der Waals surface area contributed by atoms with Crippen LogP contribution in [0, 0.1) is 0 Å². The van der Waals surface area contributed by atoms with Gasteiger partial charge in [-0.1, -0.05) is 24.5 Å². The smallest absolute Gasteiger partial charge is 0.224 e. The SMILES string of the molecule is COc1cc2nc(Cl)nc(NCc3cn(CCCNCCCNC4CCCCC4)nn3)c2cc1OC. The van der Waals surface area contributed by atoms with Crippen molar-refractivity contribution in [1.82, 2.24) is 35.6 Å². The van der Waals surface area contributed by atoms with E-state index in [2.05, 4.69) is 36.2 Å². The molecule has 1 aliphatic rings. The summed E-state index contributed by atoms with van der Waals surface area (Å²) in [6.45, 7) is 4.39. The fourth-order valence-electron chi connectivity index (χ4n) is 4.58. The number of fused-ring (bicyclic) bond motifs is 1. The first-order valence-corrected chi connectivity index (χ1v) is 13.2. The van der Waals surface area contributed by atoms with E-state index in [1.54, 1.807) is 20.3 Å². The number of hydrogen-bond acceptors (Lipinski definition) is 9. The summed E-state index contributed by atoms with van der Waals surface area (Å²) in [5.41, 5.74) is 1.48. The number of rotatable bonds is 14. The highest BCUT2D eigenvalue weighted by Crippen LogP contribution is 2.34. The lowest BCUT2D eigenvalue weighted by Crippen LogP contribution is -2.33. The molecule has 4 rings (SSSR count). The van der Waals surface area contributed by atoms with Gasteiger partial charge in [0.1, 0.15) is 11.5 Å². The lowest BCUT2D eigenvalue weighted by molar-refractivity contribution is 0.356. The van der Waals surface area contributed by atoms with Crippen molar-refractivity contribution in [2.45, 2.75) is 64.1 Å². The third kappa shape index (κ3) is 7.41. The summed E-state index contributed by atoms with van der Waals surface area (Å²) >= 11 is 6.15. The van der Waals surface area contributed by atoms with Crippen LogP contribution in [0.1, 0.15) is 50.6 Å². The number of anilines is 1. The Bertz CT molecular complexity index is 1100. The third-order valence-electron chi connectivity index (χ3n) is 6.51. The topological polar surface area (TPSA) is 111 Å². The molecule has 3 N–H and O–H groups in total. The summed E-state index contributed by atoms with van der Waals surface area (Å²) in [6.07, 6.45) is 11.0. The molecular formula is C25H37ClN8O2. The summed E-state index contributed by atoms with van der Waals surface area (Å²) < 4.78 is 12.7. The van der Waals surface area contributed by atoms with Crippen molar-refractivity contribution in [1.29, 1.82) is 0 Å². The Hall–Kier alpha value is -2.69. The van der Waals surface area contributed by atoms with E-state index in [0.29, 0.717) is 29.4 Å². The summed E-state index contributed by atoms with van der Waals surface area (Å²) in [5.74, 6) is 1.78. The zero-order valence-electron chi connectivity index (χ0n) is 21.2. The molecule has 0 spiro atoms. The van der Waals surface area contributed by atoms with E-state index < -0.39 is 0 Å². The molecule has 0 amide bonds. The number of nitrogens with one attached hydrogen (secondary N) is 3. The van der Waals surface area contributed by atoms with E-state index >= 15 is 0 Å². The van der Waals surface area contributed by atoms with Crippen molar-refractivity contribution in [3.05, 3.63) is 29.3 Å². The highest BCUT2D eigenvalue weighted by molar-refractivity contribution is 6.28. The fraction of sp³-hybridized carbons (Fsp3) is 0.600. The molecule has 0 bridgehead atoms. The monoisotopic (exact) mass is 516 g/mol. The Morgan fingerprint density at radius 2 is 1.78 bits per heavy atom. The van der Waals surface area contributed by atoms with Gasteiger partial charge in [-0.05, 0) is 63.0 Å². The Morgan fingerprint density at radius 3 is 2.58 bits per heavy atom. The molecule has 2 aromatic heterocycles. The molecule has 0 radical (unpaired) electrons. The van der Waals surface area contributed by atoms with Gasteiger partial charge in [-0.15, -0.1) is 5.10 Å². The van der Waals surface area contributed by atoms with Gasteiger partial charge in [0.25, 0.3) is 0 Å². The van der Waals surface area contributed by atoms with Crippen LogP contribution in [-0.2, 0) is 13.1 Å². The number of nitrogens with zero attached hydrogens (tertiary/aromatic N) is 5. The zero-order chi connectivity index (χ0) is 25.2. The third-order valence-corrected chi connectivity index (χ3v) is 6.68. The van der Waals surface area contributed by atoms with Crippen molar-refractivity contribution < 1.29 is 9.47 Å². The second-order valence-corrected chi connectivity index (χ2v) is 9.48. The van der Waals surface area contributed by atoms with Crippen LogP contribution in [0.15, 0.2) is 18.3 Å². The van der Waals surface area contributed by atoms with Crippen molar-refractivity contribution in [2.24, 2.45) is 0 Å². The largest absolute Gasteiger partial charge is 0.493 e.